The summed E-state index contributed by atoms with van der Waals surface area (Å²) in [6.45, 7) is 6.96. The number of nitrogens with zero attached hydrogens (tertiary/aromatic N) is 1. The molecule has 0 saturated carbocycles. The second kappa shape index (κ2) is 7.78. The molecule has 0 aliphatic carbocycles. The van der Waals surface area contributed by atoms with Gasteiger partial charge in [0.15, 0.2) is 12.0 Å². The normalized spacial score (nSPS) is 26.3. The number of aromatic nitrogens is 2. The van der Waals surface area contributed by atoms with Crippen molar-refractivity contribution in [2.75, 3.05) is 0 Å². The first-order chi connectivity index (χ1) is 12.5. The van der Waals surface area contributed by atoms with Gasteiger partial charge in [0.25, 0.3) is 5.56 Å². The van der Waals surface area contributed by atoms with Gasteiger partial charge < -0.3 is 20.1 Å². The van der Waals surface area contributed by atoms with Crippen molar-refractivity contribution < 1.29 is 24.9 Å². The van der Waals surface area contributed by atoms with Gasteiger partial charge >= 0.3 is 5.69 Å². The number of H-pyrrole nitrogens is 1. The molecular weight excluding hydrogens is 356 g/mol. The Morgan fingerprint density at radius 2 is 1.96 bits per heavy atom. The molecule has 1 aliphatic heterocycles. The highest BCUT2D eigenvalue weighted by Crippen LogP contribution is 2.31. The fourth-order valence-electron chi connectivity index (χ4n) is 2.88. The molecule has 0 bridgehead atoms. The second-order valence-electron chi connectivity index (χ2n) is 7.71. The summed E-state index contributed by atoms with van der Waals surface area (Å²) in [4.78, 5) is 38.1. The van der Waals surface area contributed by atoms with Crippen LogP contribution < -0.4 is 11.2 Å². The van der Waals surface area contributed by atoms with Crippen LogP contribution in [-0.2, 0) is 9.53 Å². The molecule has 9 nitrogen and oxygen atoms in total. The predicted octanol–water partition coefficient (Wildman–Crippen LogP) is -1.11. The highest BCUT2D eigenvalue weighted by atomic mass is 16.6. The lowest BCUT2D eigenvalue weighted by molar-refractivity contribution is -0.143. The molecule has 1 aromatic heterocycles. The molecule has 0 radical (unpaired) electrons. The molecule has 2 heterocycles. The number of carbonyl (C=O) groups excluding carboxylic acids is 1. The van der Waals surface area contributed by atoms with Crippen molar-refractivity contribution in [1.82, 2.24) is 9.55 Å². The minimum atomic E-state index is -1.67. The third kappa shape index (κ3) is 4.54. The monoisotopic (exact) mass is 380 g/mol. The summed E-state index contributed by atoms with van der Waals surface area (Å²) in [5.74, 6) is 4.49. The van der Waals surface area contributed by atoms with Crippen molar-refractivity contribution in [3.8, 4) is 11.8 Å². The molecule has 0 aromatic carbocycles. The number of nitrogens with one attached hydrogen (secondary N) is 1. The number of carbonyl (C=O) groups is 1. The van der Waals surface area contributed by atoms with E-state index < -0.39 is 47.7 Å². The van der Waals surface area contributed by atoms with Crippen LogP contribution in [0.25, 0.3) is 0 Å². The first-order valence-electron chi connectivity index (χ1n) is 8.47. The Kier molecular flexibility index (Phi) is 6.07. The van der Waals surface area contributed by atoms with Crippen LogP contribution in [0.2, 0.25) is 0 Å². The zero-order valence-corrected chi connectivity index (χ0v) is 15.6. The zero-order chi connectivity index (χ0) is 20.5. The van der Waals surface area contributed by atoms with Crippen LogP contribution in [0, 0.1) is 17.3 Å². The molecule has 1 aromatic rings. The number of aromatic amines is 1. The number of Topliss-reactive ketones (excluding diaryl/α,β-unsaturated/α-hetero) is 1. The third-order valence-corrected chi connectivity index (χ3v) is 4.12. The van der Waals surface area contributed by atoms with E-state index in [9.17, 15) is 29.7 Å². The molecule has 0 spiro atoms. The van der Waals surface area contributed by atoms with Crippen LogP contribution in [0.5, 0.6) is 0 Å². The molecule has 1 aliphatic rings. The summed E-state index contributed by atoms with van der Waals surface area (Å²) >= 11 is 0. The lowest BCUT2D eigenvalue weighted by Crippen LogP contribution is -2.43. The van der Waals surface area contributed by atoms with Crippen LogP contribution in [-0.4, -0.2) is 55.1 Å². The number of hydrogen-bond donors (Lipinski definition) is 4. The van der Waals surface area contributed by atoms with E-state index in [-0.39, 0.29) is 17.4 Å². The zero-order valence-electron chi connectivity index (χ0n) is 15.6. The van der Waals surface area contributed by atoms with Gasteiger partial charge in [-0.3, -0.25) is 19.1 Å². The average Bonchev–Trinajstić information content (AvgIpc) is 2.84. The van der Waals surface area contributed by atoms with E-state index in [0.29, 0.717) is 0 Å². The smallest absolute Gasteiger partial charge is 0.330 e. The largest absolute Gasteiger partial charge is 0.387 e. The Morgan fingerprint density at radius 1 is 1.33 bits per heavy atom. The number of aliphatic hydroxyl groups excluding tert-OH is 3. The van der Waals surface area contributed by atoms with Gasteiger partial charge in [0, 0.05) is 12.6 Å². The number of rotatable bonds is 4. The summed E-state index contributed by atoms with van der Waals surface area (Å²) in [5.41, 5.74) is -2.00. The molecular formula is C18H24N2O7. The number of hydrogen-bond acceptors (Lipinski definition) is 7. The number of ketones is 1. The first-order valence-corrected chi connectivity index (χ1v) is 8.47. The van der Waals surface area contributed by atoms with Crippen molar-refractivity contribution in [1.29, 1.82) is 0 Å². The van der Waals surface area contributed by atoms with Gasteiger partial charge in [-0.1, -0.05) is 26.7 Å². The third-order valence-electron chi connectivity index (χ3n) is 4.12. The summed E-state index contributed by atoms with van der Waals surface area (Å²) in [6, 6.07) is 0. The molecule has 9 heteroatoms. The number of aliphatic hydroxyl groups is 3. The molecule has 1 saturated heterocycles. The van der Waals surface area contributed by atoms with Crippen molar-refractivity contribution >= 4 is 5.78 Å². The molecule has 27 heavy (non-hydrogen) atoms. The van der Waals surface area contributed by atoms with Crippen LogP contribution >= 0.6 is 0 Å². The maximum absolute atomic E-state index is 12.2. The Balaban J connectivity index is 2.33. The van der Waals surface area contributed by atoms with E-state index in [2.05, 4.69) is 11.8 Å². The highest BCUT2D eigenvalue weighted by Gasteiger charge is 2.49. The topological polar surface area (TPSA) is 142 Å². The van der Waals surface area contributed by atoms with Crippen molar-refractivity contribution in [2.24, 2.45) is 5.41 Å². The lowest BCUT2D eigenvalue weighted by Gasteiger charge is -2.24. The summed E-state index contributed by atoms with van der Waals surface area (Å²) in [7, 11) is 0. The SMILES string of the molecule is CC#Cc1cn([C@@H]2O[C@H](C(O)C(=O)CC(C)(C)C)[C@@H](O)[C@@H]2O)c(=O)[nH]c1=O. The second-order valence-corrected chi connectivity index (χ2v) is 7.71. The van der Waals surface area contributed by atoms with E-state index in [1.54, 1.807) is 0 Å². The van der Waals surface area contributed by atoms with E-state index in [1.165, 1.54) is 6.92 Å². The van der Waals surface area contributed by atoms with E-state index in [1.807, 2.05) is 25.8 Å². The average molecular weight is 380 g/mol. The lowest BCUT2D eigenvalue weighted by atomic mass is 9.87. The van der Waals surface area contributed by atoms with Crippen LogP contribution in [0.4, 0.5) is 0 Å². The van der Waals surface area contributed by atoms with Gasteiger partial charge in [0.1, 0.15) is 30.0 Å². The van der Waals surface area contributed by atoms with E-state index in [4.69, 9.17) is 4.74 Å². The van der Waals surface area contributed by atoms with Gasteiger partial charge in [-0.2, -0.15) is 0 Å². The van der Waals surface area contributed by atoms with E-state index >= 15 is 0 Å². The molecule has 5 atom stereocenters. The van der Waals surface area contributed by atoms with Crippen LogP contribution in [0.1, 0.15) is 45.9 Å². The van der Waals surface area contributed by atoms with Gasteiger partial charge in [-0.25, -0.2) is 4.79 Å². The number of ether oxygens (including phenoxy) is 1. The molecule has 0 amide bonds. The fraction of sp³-hybridized carbons (Fsp3) is 0.611. The minimum absolute atomic E-state index is 0.0322. The summed E-state index contributed by atoms with van der Waals surface area (Å²) < 4.78 is 6.32. The Morgan fingerprint density at radius 3 is 2.52 bits per heavy atom. The Hall–Kier alpha value is -2.25. The minimum Gasteiger partial charge on any atom is -0.387 e. The standard InChI is InChI=1S/C18H24N2O7/c1-5-6-9-8-20(17(26)19-15(9)25)16-13(24)12(23)14(27-16)11(22)10(21)7-18(2,3)4/h8,11-14,16,22-24H,7H2,1-4H3,(H,19,25,26)/t11?,12-,13-,14+,16+/m0/s1. The van der Waals surface area contributed by atoms with Gasteiger partial charge in [-0.05, 0) is 12.3 Å². The van der Waals surface area contributed by atoms with Crippen molar-refractivity contribution in [2.45, 2.75) is 64.8 Å². The van der Waals surface area contributed by atoms with Gasteiger partial charge in [0.2, 0.25) is 0 Å². The van der Waals surface area contributed by atoms with Crippen LogP contribution in [0.3, 0.4) is 0 Å². The van der Waals surface area contributed by atoms with Crippen LogP contribution in [0.15, 0.2) is 15.8 Å². The predicted molar refractivity (Wildman–Crippen MR) is 94.9 cm³/mol. The Labute approximate surface area is 155 Å². The summed E-state index contributed by atoms with van der Waals surface area (Å²) in [5, 5.41) is 30.8. The van der Waals surface area contributed by atoms with Crippen molar-refractivity contribution in [3.63, 3.8) is 0 Å². The molecule has 148 valence electrons. The quantitative estimate of drug-likeness (QED) is 0.485. The molecule has 1 unspecified atom stereocenters. The van der Waals surface area contributed by atoms with Gasteiger partial charge in [-0.15, -0.1) is 5.92 Å². The highest BCUT2D eigenvalue weighted by molar-refractivity contribution is 5.84. The fourth-order valence-corrected chi connectivity index (χ4v) is 2.88. The maximum Gasteiger partial charge on any atom is 0.330 e. The maximum atomic E-state index is 12.2. The first kappa shape index (κ1) is 21.1. The molecule has 2 rings (SSSR count). The molecule has 4 N–H and O–H groups in total. The summed E-state index contributed by atoms with van der Waals surface area (Å²) in [6.07, 6.45) is -6.55. The van der Waals surface area contributed by atoms with E-state index in [0.717, 1.165) is 10.8 Å². The van der Waals surface area contributed by atoms with Gasteiger partial charge in [0.05, 0.1) is 0 Å². The Bertz CT molecular complexity index is 884. The molecule has 1 fully saturated rings. The van der Waals surface area contributed by atoms with Crippen molar-refractivity contribution in [3.05, 3.63) is 32.6 Å².